The minimum Gasteiger partial charge on any atom is -0.354 e. The summed E-state index contributed by atoms with van der Waals surface area (Å²) in [5.41, 5.74) is 4.72. The molecular weight excluding hydrogens is 412 g/mol. The van der Waals surface area contributed by atoms with Crippen molar-refractivity contribution in [3.63, 3.8) is 0 Å². The van der Waals surface area contributed by atoms with Gasteiger partial charge >= 0.3 is 0 Å². The summed E-state index contributed by atoms with van der Waals surface area (Å²) < 4.78 is 0. The van der Waals surface area contributed by atoms with Gasteiger partial charge in [-0.15, -0.1) is 0 Å². The molecular formula is C24H16N2S3. The first kappa shape index (κ1) is 17.4. The average molecular weight is 429 g/mol. The van der Waals surface area contributed by atoms with Crippen molar-refractivity contribution in [1.29, 1.82) is 0 Å². The molecule has 4 aromatic carbocycles. The summed E-state index contributed by atoms with van der Waals surface area (Å²) in [6.45, 7) is 0. The van der Waals surface area contributed by atoms with E-state index in [1.54, 1.807) is 11.8 Å². The third-order valence-corrected chi connectivity index (χ3v) is 8.17. The molecule has 2 aliphatic heterocycles. The zero-order valence-electron chi connectivity index (χ0n) is 15.3. The molecule has 0 fully saturated rings. The van der Waals surface area contributed by atoms with Gasteiger partial charge in [-0.05, 0) is 60.7 Å². The molecule has 0 amide bonds. The van der Waals surface area contributed by atoms with Crippen molar-refractivity contribution in [3.05, 3.63) is 84.9 Å². The van der Waals surface area contributed by atoms with Gasteiger partial charge in [-0.25, -0.2) is 0 Å². The van der Waals surface area contributed by atoms with Gasteiger partial charge in [-0.3, -0.25) is 0 Å². The third kappa shape index (κ3) is 3.29. The van der Waals surface area contributed by atoms with Crippen LogP contribution < -0.4 is 10.6 Å². The number of rotatable bonds is 2. The lowest BCUT2D eigenvalue weighted by atomic mass is 10.2. The van der Waals surface area contributed by atoms with Crippen LogP contribution in [0.4, 0.5) is 22.7 Å². The number of para-hydroxylation sites is 2. The molecule has 2 aliphatic rings. The molecule has 29 heavy (non-hydrogen) atoms. The highest BCUT2D eigenvalue weighted by molar-refractivity contribution is 8.00. The van der Waals surface area contributed by atoms with E-state index in [0.717, 1.165) is 0 Å². The first-order valence-electron chi connectivity index (χ1n) is 9.36. The molecule has 2 heterocycles. The Bertz CT molecular complexity index is 1160. The molecule has 0 unspecified atom stereocenters. The Balaban J connectivity index is 1.26. The van der Waals surface area contributed by atoms with Crippen LogP contribution in [0.5, 0.6) is 0 Å². The summed E-state index contributed by atoms with van der Waals surface area (Å²) in [6.07, 6.45) is 0. The number of nitrogens with one attached hydrogen (secondary N) is 2. The SMILES string of the molecule is c1ccc2c(c1)Nc1cc(Sc3ccc4c(c3)Nc3ccccc3S4)ccc1S2. The molecule has 2 nitrogen and oxygen atoms in total. The number of anilines is 4. The monoisotopic (exact) mass is 428 g/mol. The highest BCUT2D eigenvalue weighted by atomic mass is 32.2. The fourth-order valence-electron chi connectivity index (χ4n) is 3.50. The Kier molecular flexibility index (Phi) is 4.26. The number of hydrogen-bond acceptors (Lipinski definition) is 5. The highest BCUT2D eigenvalue weighted by Crippen LogP contribution is 2.47. The molecule has 2 N–H and O–H groups in total. The molecule has 0 aromatic heterocycles. The Morgan fingerprint density at radius 3 is 1.45 bits per heavy atom. The lowest BCUT2D eigenvalue weighted by molar-refractivity contribution is 1.26. The summed E-state index contributed by atoms with van der Waals surface area (Å²) >= 11 is 5.45. The van der Waals surface area contributed by atoms with Crippen molar-refractivity contribution < 1.29 is 0 Å². The highest BCUT2D eigenvalue weighted by Gasteiger charge is 2.17. The maximum atomic E-state index is 3.58. The number of fused-ring (bicyclic) bond motifs is 4. The van der Waals surface area contributed by atoms with Crippen LogP contribution in [0.3, 0.4) is 0 Å². The van der Waals surface area contributed by atoms with Gasteiger partial charge in [-0.1, -0.05) is 59.6 Å². The molecule has 0 aliphatic carbocycles. The second-order valence-corrected chi connectivity index (χ2v) is 10.2. The topological polar surface area (TPSA) is 24.1 Å². The lowest BCUT2D eigenvalue weighted by Gasteiger charge is -2.22. The number of hydrogen-bond donors (Lipinski definition) is 2. The van der Waals surface area contributed by atoms with Crippen molar-refractivity contribution in [1.82, 2.24) is 0 Å². The van der Waals surface area contributed by atoms with Crippen molar-refractivity contribution >= 4 is 58.0 Å². The first-order valence-corrected chi connectivity index (χ1v) is 11.8. The molecule has 0 saturated carbocycles. The lowest BCUT2D eigenvalue weighted by Crippen LogP contribution is -2.00. The van der Waals surface area contributed by atoms with E-state index < -0.39 is 0 Å². The van der Waals surface area contributed by atoms with Crippen LogP contribution in [0, 0.1) is 0 Å². The smallest absolute Gasteiger partial charge is 0.0537 e. The van der Waals surface area contributed by atoms with Crippen molar-refractivity contribution in [2.75, 3.05) is 10.6 Å². The quantitative estimate of drug-likeness (QED) is 0.289. The van der Waals surface area contributed by atoms with Gasteiger partial charge in [0.15, 0.2) is 0 Å². The Hall–Kier alpha value is -2.47. The maximum Gasteiger partial charge on any atom is 0.0537 e. The molecule has 5 heteroatoms. The van der Waals surface area contributed by atoms with Crippen LogP contribution in [0.25, 0.3) is 0 Å². The standard InChI is InChI=1S/C24H16N2S3/c1-3-7-21-17(5-1)25-19-13-15(9-11-23(19)28-21)27-16-10-12-24-20(14-16)26-18-6-2-4-8-22(18)29-24/h1-14,25-26H. The minimum absolute atomic E-state index is 1.18. The first-order chi connectivity index (χ1) is 14.3. The van der Waals surface area contributed by atoms with E-state index in [1.807, 2.05) is 23.5 Å². The molecule has 0 spiro atoms. The molecule has 0 bridgehead atoms. The van der Waals surface area contributed by atoms with Crippen molar-refractivity contribution in [3.8, 4) is 0 Å². The van der Waals surface area contributed by atoms with E-state index in [9.17, 15) is 0 Å². The molecule has 0 radical (unpaired) electrons. The maximum absolute atomic E-state index is 3.58. The van der Waals surface area contributed by atoms with E-state index in [-0.39, 0.29) is 0 Å². The molecule has 0 atom stereocenters. The van der Waals surface area contributed by atoms with E-state index in [2.05, 4.69) is 95.6 Å². The van der Waals surface area contributed by atoms with Crippen LogP contribution in [-0.4, -0.2) is 0 Å². The minimum atomic E-state index is 1.18. The number of benzene rings is 4. The van der Waals surface area contributed by atoms with Crippen LogP contribution in [0.2, 0.25) is 0 Å². The van der Waals surface area contributed by atoms with E-state index in [4.69, 9.17) is 0 Å². The molecule has 6 rings (SSSR count). The van der Waals surface area contributed by atoms with Crippen LogP contribution in [0.1, 0.15) is 0 Å². The van der Waals surface area contributed by atoms with Gasteiger partial charge < -0.3 is 10.6 Å². The second-order valence-electron chi connectivity index (χ2n) is 6.86. The van der Waals surface area contributed by atoms with Gasteiger partial charge in [0.2, 0.25) is 0 Å². The summed E-state index contributed by atoms with van der Waals surface area (Å²) in [5.74, 6) is 0. The summed E-state index contributed by atoms with van der Waals surface area (Å²) in [5, 5.41) is 7.16. The van der Waals surface area contributed by atoms with Gasteiger partial charge in [-0.2, -0.15) is 0 Å². The third-order valence-electron chi connectivity index (χ3n) is 4.89. The fraction of sp³-hybridized carbons (Fsp3) is 0. The van der Waals surface area contributed by atoms with E-state index in [1.165, 1.54) is 52.1 Å². The van der Waals surface area contributed by atoms with Crippen LogP contribution in [-0.2, 0) is 0 Å². The zero-order chi connectivity index (χ0) is 19.2. The Morgan fingerprint density at radius 2 is 0.931 bits per heavy atom. The fourth-order valence-corrected chi connectivity index (χ4v) is 6.33. The molecule has 4 aromatic rings. The summed E-state index contributed by atoms with van der Waals surface area (Å²) in [7, 11) is 0. The predicted molar refractivity (Wildman–Crippen MR) is 125 cm³/mol. The zero-order valence-corrected chi connectivity index (χ0v) is 17.8. The van der Waals surface area contributed by atoms with Gasteiger partial charge in [0.1, 0.15) is 0 Å². The normalized spacial score (nSPS) is 13.2. The average Bonchev–Trinajstić information content (AvgIpc) is 2.76. The van der Waals surface area contributed by atoms with Crippen molar-refractivity contribution in [2.45, 2.75) is 29.4 Å². The second kappa shape index (κ2) is 7.10. The summed E-state index contributed by atoms with van der Waals surface area (Å²) in [6, 6.07) is 30.3. The van der Waals surface area contributed by atoms with Gasteiger partial charge in [0.25, 0.3) is 0 Å². The Morgan fingerprint density at radius 1 is 0.483 bits per heavy atom. The van der Waals surface area contributed by atoms with Crippen LogP contribution in [0.15, 0.2) is 114 Å². The van der Waals surface area contributed by atoms with E-state index in [0.29, 0.717) is 0 Å². The van der Waals surface area contributed by atoms with Crippen molar-refractivity contribution in [2.24, 2.45) is 0 Å². The predicted octanol–water partition coefficient (Wildman–Crippen LogP) is 8.25. The molecule has 140 valence electrons. The van der Waals surface area contributed by atoms with E-state index >= 15 is 0 Å². The van der Waals surface area contributed by atoms with Crippen LogP contribution >= 0.6 is 35.3 Å². The summed E-state index contributed by atoms with van der Waals surface area (Å²) in [4.78, 5) is 7.57. The largest absolute Gasteiger partial charge is 0.354 e. The Labute approximate surface area is 182 Å². The van der Waals surface area contributed by atoms with Gasteiger partial charge in [0, 0.05) is 29.4 Å². The molecule has 0 saturated heterocycles. The van der Waals surface area contributed by atoms with Gasteiger partial charge in [0.05, 0.1) is 22.7 Å².